The number of imidazole rings is 1. The molecule has 1 heterocycles. The largest absolute Gasteiger partial charge is 0.399 e. The van der Waals surface area contributed by atoms with Crippen LogP contribution in [0, 0.1) is 5.92 Å². The Morgan fingerprint density at radius 2 is 1.83 bits per heavy atom. The van der Waals surface area contributed by atoms with Crippen molar-refractivity contribution in [2.75, 3.05) is 5.73 Å². The van der Waals surface area contributed by atoms with Gasteiger partial charge in [-0.2, -0.15) is 0 Å². The van der Waals surface area contributed by atoms with Crippen LogP contribution < -0.4 is 5.73 Å². The molecule has 0 saturated heterocycles. The molecule has 18 heavy (non-hydrogen) atoms. The molecule has 2 N–H and O–H groups in total. The van der Waals surface area contributed by atoms with Crippen LogP contribution in [0.25, 0.3) is 11.4 Å². The summed E-state index contributed by atoms with van der Waals surface area (Å²) in [4.78, 5) is 4.46. The summed E-state index contributed by atoms with van der Waals surface area (Å²) in [5, 5.41) is 0. The van der Waals surface area contributed by atoms with Crippen molar-refractivity contribution in [1.29, 1.82) is 0 Å². The highest BCUT2D eigenvalue weighted by atomic mass is 15.1. The van der Waals surface area contributed by atoms with E-state index in [4.69, 9.17) is 5.73 Å². The van der Waals surface area contributed by atoms with Crippen LogP contribution in [0.1, 0.15) is 26.7 Å². The lowest BCUT2D eigenvalue weighted by Gasteiger charge is -2.15. The van der Waals surface area contributed by atoms with Gasteiger partial charge < -0.3 is 10.3 Å². The molecule has 3 nitrogen and oxygen atoms in total. The van der Waals surface area contributed by atoms with Crippen LogP contribution >= 0.6 is 0 Å². The van der Waals surface area contributed by atoms with E-state index in [0.29, 0.717) is 5.92 Å². The van der Waals surface area contributed by atoms with Gasteiger partial charge in [0.05, 0.1) is 0 Å². The van der Waals surface area contributed by atoms with Gasteiger partial charge in [-0.15, -0.1) is 0 Å². The zero-order valence-corrected chi connectivity index (χ0v) is 11.1. The maximum atomic E-state index is 5.71. The monoisotopic (exact) mass is 243 g/mol. The summed E-state index contributed by atoms with van der Waals surface area (Å²) in [7, 11) is 0. The first-order chi connectivity index (χ1) is 8.74. The zero-order valence-electron chi connectivity index (χ0n) is 11.1. The van der Waals surface area contributed by atoms with Gasteiger partial charge in [0.25, 0.3) is 0 Å². The molecular formula is C15H21N3. The molecule has 0 aliphatic carbocycles. The van der Waals surface area contributed by atoms with Crippen molar-refractivity contribution < 1.29 is 0 Å². The lowest BCUT2D eigenvalue weighted by molar-refractivity contribution is 0.420. The van der Waals surface area contributed by atoms with Crippen molar-refractivity contribution in [1.82, 2.24) is 9.55 Å². The summed E-state index contributed by atoms with van der Waals surface area (Å²) in [6.45, 7) is 5.52. The van der Waals surface area contributed by atoms with Gasteiger partial charge in [-0.25, -0.2) is 4.98 Å². The average Bonchev–Trinajstić information content (AvgIpc) is 2.85. The van der Waals surface area contributed by atoms with Crippen LogP contribution in [-0.4, -0.2) is 9.55 Å². The summed E-state index contributed by atoms with van der Waals surface area (Å²) in [6.07, 6.45) is 6.34. The minimum atomic E-state index is 0.715. The van der Waals surface area contributed by atoms with Crippen LogP contribution in [0.4, 0.5) is 5.69 Å². The second kappa shape index (κ2) is 5.71. The smallest absolute Gasteiger partial charge is 0.139 e. The van der Waals surface area contributed by atoms with Crippen molar-refractivity contribution in [2.24, 2.45) is 5.92 Å². The van der Waals surface area contributed by atoms with Gasteiger partial charge in [0, 0.05) is 30.2 Å². The molecule has 1 aromatic carbocycles. The molecule has 1 aromatic heterocycles. The fourth-order valence-electron chi connectivity index (χ4n) is 2.17. The van der Waals surface area contributed by atoms with Gasteiger partial charge in [-0.05, 0) is 30.2 Å². The number of hydrogen-bond donors (Lipinski definition) is 1. The van der Waals surface area contributed by atoms with Gasteiger partial charge in [0.2, 0.25) is 0 Å². The fourth-order valence-corrected chi connectivity index (χ4v) is 2.17. The molecule has 0 radical (unpaired) electrons. The Morgan fingerprint density at radius 1 is 1.17 bits per heavy atom. The second-order valence-electron chi connectivity index (χ2n) is 4.71. The predicted octanol–water partition coefficient (Wildman–Crippen LogP) is 3.57. The molecule has 3 heteroatoms. The van der Waals surface area contributed by atoms with E-state index in [1.807, 2.05) is 30.5 Å². The average molecular weight is 243 g/mol. The van der Waals surface area contributed by atoms with E-state index >= 15 is 0 Å². The molecule has 0 spiro atoms. The van der Waals surface area contributed by atoms with Gasteiger partial charge in [-0.3, -0.25) is 0 Å². The van der Waals surface area contributed by atoms with E-state index in [0.717, 1.165) is 23.6 Å². The van der Waals surface area contributed by atoms with Crippen molar-refractivity contribution in [3.05, 3.63) is 36.7 Å². The Hall–Kier alpha value is -1.77. The Kier molecular flexibility index (Phi) is 4.03. The molecular weight excluding hydrogens is 222 g/mol. The van der Waals surface area contributed by atoms with Crippen molar-refractivity contribution in [2.45, 2.75) is 33.2 Å². The number of hydrogen-bond acceptors (Lipinski definition) is 2. The van der Waals surface area contributed by atoms with Crippen LogP contribution in [-0.2, 0) is 6.54 Å². The fraction of sp³-hybridized carbons (Fsp3) is 0.400. The maximum absolute atomic E-state index is 5.71. The summed E-state index contributed by atoms with van der Waals surface area (Å²) in [6, 6.07) is 7.90. The first-order valence-corrected chi connectivity index (χ1v) is 6.61. The third kappa shape index (κ3) is 2.73. The minimum Gasteiger partial charge on any atom is -0.399 e. The lowest BCUT2D eigenvalue weighted by Crippen LogP contribution is -2.09. The van der Waals surface area contributed by atoms with E-state index in [-0.39, 0.29) is 0 Å². The molecule has 0 aliphatic rings. The van der Waals surface area contributed by atoms with Crippen LogP contribution in [0.15, 0.2) is 36.7 Å². The third-order valence-corrected chi connectivity index (χ3v) is 3.49. The lowest BCUT2D eigenvalue weighted by atomic mass is 10.0. The first-order valence-electron chi connectivity index (χ1n) is 6.61. The Balaban J connectivity index is 2.24. The maximum Gasteiger partial charge on any atom is 0.139 e. The molecule has 0 atom stereocenters. The number of nitrogens with two attached hydrogens (primary N) is 1. The number of nitrogens with zero attached hydrogens (tertiary/aromatic N) is 2. The Bertz CT molecular complexity index is 481. The second-order valence-corrected chi connectivity index (χ2v) is 4.71. The number of nitrogen functional groups attached to an aromatic ring is 1. The van der Waals surface area contributed by atoms with Gasteiger partial charge in [0.1, 0.15) is 5.82 Å². The quantitative estimate of drug-likeness (QED) is 0.816. The summed E-state index contributed by atoms with van der Waals surface area (Å²) < 4.78 is 2.24. The predicted molar refractivity (Wildman–Crippen MR) is 76.1 cm³/mol. The van der Waals surface area contributed by atoms with Crippen LogP contribution in [0.5, 0.6) is 0 Å². The number of rotatable bonds is 5. The van der Waals surface area contributed by atoms with Crippen LogP contribution in [0.3, 0.4) is 0 Å². The molecule has 2 rings (SSSR count). The molecule has 96 valence electrons. The summed E-state index contributed by atoms with van der Waals surface area (Å²) >= 11 is 0. The molecule has 0 saturated carbocycles. The topological polar surface area (TPSA) is 43.8 Å². The Labute approximate surface area is 109 Å². The molecule has 2 aromatic rings. The van der Waals surface area contributed by atoms with Gasteiger partial charge >= 0.3 is 0 Å². The minimum absolute atomic E-state index is 0.715. The van der Waals surface area contributed by atoms with Gasteiger partial charge in [0.15, 0.2) is 0 Å². The molecule has 0 aliphatic heterocycles. The summed E-state index contributed by atoms with van der Waals surface area (Å²) in [5.41, 5.74) is 7.63. The SMILES string of the molecule is CCC(CC)Cn1ccnc1-c1ccc(N)cc1. The van der Waals surface area contributed by atoms with E-state index in [2.05, 4.69) is 29.6 Å². The van der Waals surface area contributed by atoms with E-state index in [1.54, 1.807) is 0 Å². The van der Waals surface area contributed by atoms with E-state index in [1.165, 1.54) is 12.8 Å². The van der Waals surface area contributed by atoms with Crippen LogP contribution in [0.2, 0.25) is 0 Å². The standard InChI is InChI=1S/C15H21N3/c1-3-12(4-2)11-18-10-9-17-15(18)13-5-7-14(16)8-6-13/h5-10,12H,3-4,11,16H2,1-2H3. The van der Waals surface area contributed by atoms with Crippen molar-refractivity contribution in [3.8, 4) is 11.4 Å². The normalized spacial score (nSPS) is 11.1. The number of benzene rings is 1. The molecule has 0 unspecified atom stereocenters. The highest BCUT2D eigenvalue weighted by Crippen LogP contribution is 2.21. The number of anilines is 1. The zero-order chi connectivity index (χ0) is 13.0. The van der Waals surface area contributed by atoms with E-state index in [9.17, 15) is 0 Å². The highest BCUT2D eigenvalue weighted by Gasteiger charge is 2.09. The van der Waals surface area contributed by atoms with E-state index < -0.39 is 0 Å². The third-order valence-electron chi connectivity index (χ3n) is 3.49. The Morgan fingerprint density at radius 3 is 2.44 bits per heavy atom. The first kappa shape index (κ1) is 12.7. The molecule has 0 amide bonds. The van der Waals surface area contributed by atoms with Crippen molar-refractivity contribution >= 4 is 5.69 Å². The number of aromatic nitrogens is 2. The molecule has 0 fully saturated rings. The molecule has 0 bridgehead atoms. The summed E-state index contributed by atoms with van der Waals surface area (Å²) in [5.74, 6) is 1.74. The van der Waals surface area contributed by atoms with Crippen molar-refractivity contribution in [3.63, 3.8) is 0 Å². The highest BCUT2D eigenvalue weighted by molar-refractivity contribution is 5.59. The van der Waals surface area contributed by atoms with Gasteiger partial charge in [-0.1, -0.05) is 26.7 Å².